The number of anilines is 1. The van der Waals surface area contributed by atoms with Crippen LogP contribution < -0.4 is 5.32 Å². The summed E-state index contributed by atoms with van der Waals surface area (Å²) < 4.78 is 4.97. The van der Waals surface area contributed by atoms with E-state index in [9.17, 15) is 4.79 Å². The second-order valence-corrected chi connectivity index (χ2v) is 8.54. The van der Waals surface area contributed by atoms with Crippen molar-refractivity contribution in [3.63, 3.8) is 0 Å². The summed E-state index contributed by atoms with van der Waals surface area (Å²) in [5.74, 6) is 0.849. The van der Waals surface area contributed by atoms with Crippen LogP contribution in [0.5, 0.6) is 0 Å². The van der Waals surface area contributed by atoms with Crippen LogP contribution in [0.4, 0.5) is 10.7 Å². The number of amides is 1. The molecule has 0 unspecified atom stereocenters. The Bertz CT molecular complexity index is 1300. The van der Waals surface area contributed by atoms with Crippen molar-refractivity contribution < 1.29 is 9.53 Å². The summed E-state index contributed by atoms with van der Waals surface area (Å²) in [7, 11) is 2.16. The second-order valence-electron chi connectivity index (χ2n) is 8.54. The number of hydrogen-bond acceptors (Lipinski definition) is 8. The van der Waals surface area contributed by atoms with E-state index in [-0.39, 0.29) is 14.0 Å². The minimum Gasteiger partial charge on any atom is -0.450 e. The minimum absolute atomic E-state index is 0. The van der Waals surface area contributed by atoms with Crippen LogP contribution >= 0.6 is 0 Å². The highest BCUT2D eigenvalue weighted by Gasteiger charge is 2.17. The monoisotopic (exact) mass is 488 g/mol. The van der Waals surface area contributed by atoms with Crippen molar-refractivity contribution in [3.8, 4) is 22.5 Å². The number of benzene rings is 1. The summed E-state index contributed by atoms with van der Waals surface area (Å²) in [6.07, 6.45) is 4.72. The smallest absolute Gasteiger partial charge is 0.413 e. The number of H-pyrrole nitrogens is 1. The molecule has 0 radical (unpaired) electrons. The third-order valence-electron chi connectivity index (χ3n) is 6.03. The highest BCUT2D eigenvalue weighted by Crippen LogP contribution is 2.32. The van der Waals surface area contributed by atoms with Gasteiger partial charge in [-0.15, -0.1) is 0 Å². The van der Waals surface area contributed by atoms with Gasteiger partial charge in [0.15, 0.2) is 5.82 Å². The van der Waals surface area contributed by atoms with E-state index in [1.165, 1.54) is 0 Å². The maximum atomic E-state index is 11.9. The third kappa shape index (κ3) is 5.67. The minimum atomic E-state index is -0.565. The number of nitrogens with zero attached hydrogens (tertiary/aromatic N) is 6. The van der Waals surface area contributed by atoms with Crippen molar-refractivity contribution in [3.05, 3.63) is 54.6 Å². The van der Waals surface area contributed by atoms with Crippen molar-refractivity contribution in [2.45, 2.75) is 20.9 Å². The summed E-state index contributed by atoms with van der Waals surface area (Å²) in [5, 5.41) is 2.63. The van der Waals surface area contributed by atoms with Gasteiger partial charge >= 0.3 is 6.09 Å². The molecule has 10 nitrogen and oxygen atoms in total. The Balaban J connectivity index is 0.00000304. The zero-order valence-corrected chi connectivity index (χ0v) is 19.9. The first-order valence-electron chi connectivity index (χ1n) is 11.7. The van der Waals surface area contributed by atoms with Gasteiger partial charge in [0.2, 0.25) is 5.95 Å². The molecule has 10 heteroatoms. The van der Waals surface area contributed by atoms with Gasteiger partial charge in [0, 0.05) is 62.4 Å². The lowest BCUT2D eigenvalue weighted by Gasteiger charge is -2.32. The number of aromatic amines is 1. The average molecular weight is 489 g/mol. The number of ether oxygens (including phenoxy) is 1. The Hall–Kier alpha value is -3.89. The summed E-state index contributed by atoms with van der Waals surface area (Å²) in [6.45, 7) is 7.15. The highest BCUT2D eigenvalue weighted by atomic mass is 16.5. The first-order chi connectivity index (χ1) is 17.1. The standard InChI is InChI=1S/C25H28N8O2.CH4/c1-3-35-25(34)31-24-29-21-14-18(13-20(22(21)30-24)23-26-7-4-8-27-23)17-5-6-19(28-15-17)16-33-11-9-32(2)10-12-33;/h4-8,13-15H,3,9-12,16H2,1-2H3,(H2,29,30,31,34);1H4. The maximum absolute atomic E-state index is 11.9. The number of imidazole rings is 1. The molecule has 188 valence electrons. The predicted octanol–water partition coefficient (Wildman–Crippen LogP) is 4.03. The number of fused-ring (bicyclic) bond motifs is 1. The Labute approximate surface area is 210 Å². The van der Waals surface area contributed by atoms with Crippen molar-refractivity contribution in [1.82, 2.24) is 34.7 Å². The molecule has 3 aromatic heterocycles. The number of hydrogen-bond donors (Lipinski definition) is 2. The number of aromatic nitrogens is 5. The van der Waals surface area contributed by atoms with Crippen LogP contribution in [0.3, 0.4) is 0 Å². The Morgan fingerprint density at radius 2 is 1.86 bits per heavy atom. The van der Waals surface area contributed by atoms with Gasteiger partial charge in [0.1, 0.15) is 5.52 Å². The maximum Gasteiger partial charge on any atom is 0.413 e. The van der Waals surface area contributed by atoms with E-state index in [1.807, 2.05) is 18.3 Å². The second kappa shape index (κ2) is 11.2. The molecule has 0 saturated carbocycles. The first-order valence-corrected chi connectivity index (χ1v) is 11.7. The van der Waals surface area contributed by atoms with E-state index < -0.39 is 6.09 Å². The fraction of sp³-hybridized carbons (Fsp3) is 0.346. The molecule has 1 amide bonds. The van der Waals surface area contributed by atoms with Crippen LogP contribution in [0.25, 0.3) is 33.5 Å². The normalized spacial score (nSPS) is 14.4. The number of nitrogens with one attached hydrogen (secondary N) is 2. The molecule has 1 aliphatic heterocycles. The molecule has 1 saturated heterocycles. The third-order valence-corrected chi connectivity index (χ3v) is 6.03. The van der Waals surface area contributed by atoms with E-state index in [1.54, 1.807) is 25.4 Å². The number of rotatable bonds is 6. The molecule has 1 aromatic carbocycles. The molecular formula is C26H32N8O2. The van der Waals surface area contributed by atoms with Crippen molar-refractivity contribution in [2.75, 3.05) is 45.2 Å². The summed E-state index contributed by atoms with van der Waals surface area (Å²) in [4.78, 5) is 38.0. The molecule has 1 fully saturated rings. The van der Waals surface area contributed by atoms with Crippen molar-refractivity contribution in [1.29, 1.82) is 0 Å². The van der Waals surface area contributed by atoms with Gasteiger partial charge in [-0.1, -0.05) is 13.5 Å². The molecule has 2 N–H and O–H groups in total. The number of carbonyl (C=O) groups excluding carboxylic acids is 1. The molecule has 36 heavy (non-hydrogen) atoms. The van der Waals surface area contributed by atoms with E-state index in [0.29, 0.717) is 17.3 Å². The summed E-state index contributed by atoms with van der Waals surface area (Å²) in [6, 6.07) is 9.93. The van der Waals surface area contributed by atoms with Crippen LogP contribution in [0.15, 0.2) is 48.9 Å². The largest absolute Gasteiger partial charge is 0.450 e. The quantitative estimate of drug-likeness (QED) is 0.418. The van der Waals surface area contributed by atoms with Crippen molar-refractivity contribution >= 4 is 23.1 Å². The average Bonchev–Trinajstić information content (AvgIpc) is 3.28. The Morgan fingerprint density at radius 1 is 1.08 bits per heavy atom. The number of pyridine rings is 1. The van der Waals surface area contributed by atoms with Gasteiger partial charge in [0.25, 0.3) is 0 Å². The van der Waals surface area contributed by atoms with E-state index in [2.05, 4.69) is 54.2 Å². The van der Waals surface area contributed by atoms with E-state index in [0.717, 1.165) is 60.6 Å². The van der Waals surface area contributed by atoms with Crippen molar-refractivity contribution in [2.24, 2.45) is 0 Å². The SMILES string of the molecule is C.CCOC(=O)Nc1nc2c(-c3ncccn3)cc(-c3ccc(CN4CCN(C)CC4)nc3)cc2[nH]1. The lowest BCUT2D eigenvalue weighted by atomic mass is 10.0. The van der Waals surface area contributed by atoms with Gasteiger partial charge in [-0.3, -0.25) is 15.2 Å². The molecule has 5 rings (SSSR count). The first kappa shape index (κ1) is 25.2. The Kier molecular flexibility index (Phi) is 7.87. The highest BCUT2D eigenvalue weighted by molar-refractivity contribution is 5.96. The van der Waals surface area contributed by atoms with Crippen LogP contribution in [0.2, 0.25) is 0 Å². The molecule has 1 aliphatic rings. The number of likely N-dealkylation sites (N-methyl/N-ethyl adjacent to an activating group) is 1. The lowest BCUT2D eigenvalue weighted by molar-refractivity contribution is 0.147. The molecule has 0 atom stereocenters. The predicted molar refractivity (Wildman–Crippen MR) is 141 cm³/mol. The molecular weight excluding hydrogens is 456 g/mol. The lowest BCUT2D eigenvalue weighted by Crippen LogP contribution is -2.43. The van der Waals surface area contributed by atoms with Crippen LogP contribution in [-0.4, -0.2) is 80.6 Å². The van der Waals surface area contributed by atoms with E-state index in [4.69, 9.17) is 9.72 Å². The fourth-order valence-electron chi connectivity index (χ4n) is 4.14. The molecule has 4 heterocycles. The number of piperazine rings is 1. The topological polar surface area (TPSA) is 112 Å². The molecule has 4 aromatic rings. The molecule has 0 bridgehead atoms. The Morgan fingerprint density at radius 3 is 2.56 bits per heavy atom. The summed E-state index contributed by atoms with van der Waals surface area (Å²) >= 11 is 0. The van der Waals surface area contributed by atoms with Gasteiger partial charge < -0.3 is 14.6 Å². The van der Waals surface area contributed by atoms with Gasteiger partial charge in [0.05, 0.1) is 17.8 Å². The van der Waals surface area contributed by atoms with Gasteiger partial charge in [-0.05, 0) is 43.8 Å². The number of carbonyl (C=O) groups is 1. The van der Waals surface area contributed by atoms with Crippen LogP contribution in [0, 0.1) is 0 Å². The van der Waals surface area contributed by atoms with Gasteiger partial charge in [-0.25, -0.2) is 19.7 Å². The zero-order valence-electron chi connectivity index (χ0n) is 19.9. The van der Waals surface area contributed by atoms with Gasteiger partial charge in [-0.2, -0.15) is 0 Å². The van der Waals surface area contributed by atoms with Crippen LogP contribution in [0.1, 0.15) is 20.0 Å². The van der Waals surface area contributed by atoms with E-state index >= 15 is 0 Å². The molecule has 0 aliphatic carbocycles. The fourth-order valence-corrected chi connectivity index (χ4v) is 4.14. The van der Waals surface area contributed by atoms with Crippen LogP contribution in [-0.2, 0) is 11.3 Å². The summed E-state index contributed by atoms with van der Waals surface area (Å²) in [5.41, 5.74) is 5.14. The molecule has 0 spiro atoms. The zero-order chi connectivity index (χ0) is 24.2.